The molecule has 0 spiro atoms. The third-order valence-corrected chi connectivity index (χ3v) is 3.34. The second kappa shape index (κ2) is 4.28. The van der Waals surface area contributed by atoms with Crippen LogP contribution in [-0.4, -0.2) is 48.2 Å². The third kappa shape index (κ3) is 1.91. The van der Waals surface area contributed by atoms with E-state index in [0.29, 0.717) is 12.0 Å². The summed E-state index contributed by atoms with van der Waals surface area (Å²) in [4.78, 5) is 13.1. The Balaban J connectivity index is 1.94. The quantitative estimate of drug-likeness (QED) is 0.601. The van der Waals surface area contributed by atoms with Crippen molar-refractivity contribution in [2.45, 2.75) is 25.3 Å². The Morgan fingerprint density at radius 3 is 3.07 bits per heavy atom. The fourth-order valence-corrected chi connectivity index (χ4v) is 2.52. The SMILES string of the molecule is O=C(CO)N1C[C@@H]2CCCCN[C@@H]2C1. The van der Waals surface area contributed by atoms with Gasteiger partial charge in [-0.25, -0.2) is 0 Å². The van der Waals surface area contributed by atoms with Gasteiger partial charge in [-0.1, -0.05) is 6.42 Å². The zero-order valence-corrected chi connectivity index (χ0v) is 8.41. The van der Waals surface area contributed by atoms with Gasteiger partial charge in [-0.3, -0.25) is 4.79 Å². The number of fused-ring (bicyclic) bond motifs is 1. The summed E-state index contributed by atoms with van der Waals surface area (Å²) < 4.78 is 0. The van der Waals surface area contributed by atoms with E-state index < -0.39 is 0 Å². The highest BCUT2D eigenvalue weighted by Crippen LogP contribution is 2.24. The maximum atomic E-state index is 11.3. The molecule has 0 aromatic carbocycles. The summed E-state index contributed by atoms with van der Waals surface area (Å²) in [7, 11) is 0. The van der Waals surface area contributed by atoms with Crippen LogP contribution in [0.3, 0.4) is 0 Å². The van der Waals surface area contributed by atoms with Crippen LogP contribution in [0.5, 0.6) is 0 Å². The number of rotatable bonds is 1. The van der Waals surface area contributed by atoms with Gasteiger partial charge in [-0.05, 0) is 25.3 Å². The van der Waals surface area contributed by atoms with Crippen molar-refractivity contribution in [3.8, 4) is 0 Å². The van der Waals surface area contributed by atoms with E-state index in [4.69, 9.17) is 5.11 Å². The highest BCUT2D eigenvalue weighted by molar-refractivity contribution is 5.77. The standard InChI is InChI=1S/C10H18N2O2/c13-7-10(14)12-5-8-3-1-2-4-11-9(8)6-12/h8-9,11,13H,1-7H2/t8-,9+/m0/s1. The van der Waals surface area contributed by atoms with Gasteiger partial charge in [0.25, 0.3) is 0 Å². The molecule has 2 aliphatic heterocycles. The monoisotopic (exact) mass is 198 g/mol. The molecule has 80 valence electrons. The Bertz CT molecular complexity index is 206. The van der Waals surface area contributed by atoms with E-state index in [9.17, 15) is 4.79 Å². The van der Waals surface area contributed by atoms with Crippen LogP contribution >= 0.6 is 0 Å². The number of hydrogen-bond acceptors (Lipinski definition) is 3. The average molecular weight is 198 g/mol. The fourth-order valence-electron chi connectivity index (χ4n) is 2.52. The summed E-state index contributed by atoms with van der Waals surface area (Å²) in [6.07, 6.45) is 3.73. The lowest BCUT2D eigenvalue weighted by Crippen LogP contribution is -2.37. The number of carbonyl (C=O) groups excluding carboxylic acids is 1. The molecule has 0 aliphatic carbocycles. The lowest BCUT2D eigenvalue weighted by Gasteiger charge is -2.15. The molecular weight excluding hydrogens is 180 g/mol. The number of nitrogens with one attached hydrogen (secondary N) is 1. The van der Waals surface area contributed by atoms with E-state index in [1.165, 1.54) is 19.3 Å². The van der Waals surface area contributed by atoms with E-state index in [-0.39, 0.29) is 12.5 Å². The first-order chi connectivity index (χ1) is 6.81. The minimum Gasteiger partial charge on any atom is -0.387 e. The van der Waals surface area contributed by atoms with E-state index >= 15 is 0 Å². The molecule has 0 unspecified atom stereocenters. The molecule has 2 aliphatic rings. The topological polar surface area (TPSA) is 52.6 Å². The molecule has 0 radical (unpaired) electrons. The van der Waals surface area contributed by atoms with Gasteiger partial charge < -0.3 is 15.3 Å². The molecule has 14 heavy (non-hydrogen) atoms. The fraction of sp³-hybridized carbons (Fsp3) is 0.900. The summed E-state index contributed by atoms with van der Waals surface area (Å²) in [5.74, 6) is 0.480. The van der Waals surface area contributed by atoms with E-state index in [2.05, 4.69) is 5.32 Å². The molecule has 2 atom stereocenters. The first kappa shape index (κ1) is 9.93. The summed E-state index contributed by atoms with van der Waals surface area (Å²) in [5, 5.41) is 12.2. The minimum absolute atomic E-state index is 0.125. The number of likely N-dealkylation sites (tertiary alicyclic amines) is 1. The van der Waals surface area contributed by atoms with Crippen LogP contribution in [0.4, 0.5) is 0 Å². The highest BCUT2D eigenvalue weighted by Gasteiger charge is 2.34. The van der Waals surface area contributed by atoms with Crippen molar-refractivity contribution in [2.24, 2.45) is 5.92 Å². The Kier molecular flexibility index (Phi) is 3.03. The summed E-state index contributed by atoms with van der Waals surface area (Å²) >= 11 is 0. The zero-order valence-electron chi connectivity index (χ0n) is 8.41. The van der Waals surface area contributed by atoms with Crippen LogP contribution in [0.2, 0.25) is 0 Å². The molecule has 0 aromatic heterocycles. The zero-order chi connectivity index (χ0) is 9.97. The van der Waals surface area contributed by atoms with Crippen LogP contribution < -0.4 is 5.32 Å². The lowest BCUT2D eigenvalue weighted by atomic mass is 9.99. The smallest absolute Gasteiger partial charge is 0.248 e. The number of aliphatic hydroxyl groups is 1. The summed E-state index contributed by atoms with van der Waals surface area (Å²) in [5.41, 5.74) is 0. The van der Waals surface area contributed by atoms with Crippen molar-refractivity contribution in [1.29, 1.82) is 0 Å². The van der Waals surface area contributed by atoms with E-state index in [1.807, 2.05) is 0 Å². The van der Waals surface area contributed by atoms with Gasteiger partial charge in [-0.2, -0.15) is 0 Å². The van der Waals surface area contributed by atoms with Crippen LogP contribution in [0.1, 0.15) is 19.3 Å². The van der Waals surface area contributed by atoms with Crippen molar-refractivity contribution >= 4 is 5.91 Å². The van der Waals surface area contributed by atoms with Crippen LogP contribution in [0.15, 0.2) is 0 Å². The molecule has 4 nitrogen and oxygen atoms in total. The first-order valence-corrected chi connectivity index (χ1v) is 5.43. The third-order valence-electron chi connectivity index (χ3n) is 3.34. The van der Waals surface area contributed by atoms with Crippen molar-refractivity contribution in [3.63, 3.8) is 0 Å². The highest BCUT2D eigenvalue weighted by atomic mass is 16.3. The number of carbonyl (C=O) groups is 1. The van der Waals surface area contributed by atoms with Crippen LogP contribution in [0.25, 0.3) is 0 Å². The van der Waals surface area contributed by atoms with Crippen LogP contribution in [0, 0.1) is 5.92 Å². The molecule has 4 heteroatoms. The first-order valence-electron chi connectivity index (χ1n) is 5.43. The molecule has 1 amide bonds. The van der Waals surface area contributed by atoms with Gasteiger partial charge in [0.15, 0.2) is 0 Å². The maximum Gasteiger partial charge on any atom is 0.248 e. The van der Waals surface area contributed by atoms with Crippen molar-refractivity contribution in [2.75, 3.05) is 26.2 Å². The average Bonchev–Trinajstić information content (AvgIpc) is 2.49. The Morgan fingerprint density at radius 2 is 2.29 bits per heavy atom. The molecule has 2 fully saturated rings. The predicted octanol–water partition coefficient (Wildman–Crippen LogP) is -0.421. The largest absolute Gasteiger partial charge is 0.387 e. The lowest BCUT2D eigenvalue weighted by molar-refractivity contribution is -0.133. The molecular formula is C10H18N2O2. The number of amides is 1. The number of hydrogen-bond donors (Lipinski definition) is 2. The van der Waals surface area contributed by atoms with Crippen LogP contribution in [-0.2, 0) is 4.79 Å². The molecule has 2 saturated heterocycles. The number of aliphatic hydroxyl groups excluding tert-OH is 1. The summed E-state index contributed by atoms with van der Waals surface area (Å²) in [6.45, 7) is 2.34. The van der Waals surface area contributed by atoms with Gasteiger partial charge in [-0.15, -0.1) is 0 Å². The second-order valence-corrected chi connectivity index (χ2v) is 4.27. The molecule has 0 saturated carbocycles. The number of nitrogens with zero attached hydrogens (tertiary/aromatic N) is 1. The van der Waals surface area contributed by atoms with E-state index in [0.717, 1.165) is 19.6 Å². The Hall–Kier alpha value is -0.610. The van der Waals surface area contributed by atoms with E-state index in [1.54, 1.807) is 4.90 Å². The molecule has 2 heterocycles. The van der Waals surface area contributed by atoms with Gasteiger partial charge in [0, 0.05) is 19.1 Å². The van der Waals surface area contributed by atoms with Crippen molar-refractivity contribution < 1.29 is 9.90 Å². The molecule has 0 aromatic rings. The van der Waals surface area contributed by atoms with Gasteiger partial charge in [0.1, 0.15) is 6.61 Å². The Morgan fingerprint density at radius 1 is 1.43 bits per heavy atom. The van der Waals surface area contributed by atoms with Gasteiger partial charge >= 0.3 is 0 Å². The van der Waals surface area contributed by atoms with Crippen molar-refractivity contribution in [1.82, 2.24) is 10.2 Å². The van der Waals surface area contributed by atoms with Gasteiger partial charge in [0.2, 0.25) is 5.91 Å². The van der Waals surface area contributed by atoms with Crippen molar-refractivity contribution in [3.05, 3.63) is 0 Å². The summed E-state index contributed by atoms with van der Waals surface area (Å²) in [6, 6.07) is 0.466. The maximum absolute atomic E-state index is 11.3. The molecule has 2 rings (SSSR count). The second-order valence-electron chi connectivity index (χ2n) is 4.27. The van der Waals surface area contributed by atoms with Gasteiger partial charge in [0.05, 0.1) is 0 Å². The normalized spacial score (nSPS) is 32.5. The Labute approximate surface area is 84.3 Å². The minimum atomic E-state index is -0.348. The molecule has 0 bridgehead atoms. The predicted molar refractivity (Wildman–Crippen MR) is 52.8 cm³/mol. The molecule has 2 N–H and O–H groups in total.